The summed E-state index contributed by atoms with van der Waals surface area (Å²) in [5, 5.41) is 10.5. The van der Waals surface area contributed by atoms with E-state index >= 15 is 0 Å². The van der Waals surface area contributed by atoms with Crippen LogP contribution in [0.25, 0.3) is 0 Å². The van der Waals surface area contributed by atoms with E-state index in [9.17, 15) is 4.79 Å². The number of nitrogen functional groups attached to an aromatic ring is 1. The fraction of sp³-hybridized carbons (Fsp3) is 0.385. The monoisotopic (exact) mass is 310 g/mol. The van der Waals surface area contributed by atoms with Crippen LogP contribution >= 0.6 is 12.4 Å². The van der Waals surface area contributed by atoms with Crippen LogP contribution in [0.15, 0.2) is 24.5 Å². The number of anilines is 2. The van der Waals surface area contributed by atoms with Crippen LogP contribution in [0.5, 0.6) is 0 Å². The van der Waals surface area contributed by atoms with Gasteiger partial charge >= 0.3 is 0 Å². The highest BCUT2D eigenvalue weighted by Crippen LogP contribution is 2.09. The SMILES string of the molecule is CC(C)CCn1cc(C(=O)Nc2ccc(N)nc2)nn1.Cl. The Morgan fingerprint density at radius 3 is 2.81 bits per heavy atom. The molecule has 0 bridgehead atoms. The first kappa shape index (κ1) is 16.9. The van der Waals surface area contributed by atoms with Crippen molar-refractivity contribution in [1.29, 1.82) is 0 Å². The maximum absolute atomic E-state index is 12.0. The maximum atomic E-state index is 12.0. The topological polar surface area (TPSA) is 98.7 Å². The lowest BCUT2D eigenvalue weighted by Crippen LogP contribution is -2.12. The molecule has 0 saturated heterocycles. The minimum absolute atomic E-state index is 0. The lowest BCUT2D eigenvalue weighted by Gasteiger charge is -2.03. The number of hydrogen-bond acceptors (Lipinski definition) is 5. The average molecular weight is 311 g/mol. The molecule has 8 heteroatoms. The van der Waals surface area contributed by atoms with E-state index in [4.69, 9.17) is 5.73 Å². The van der Waals surface area contributed by atoms with Gasteiger partial charge in [-0.1, -0.05) is 19.1 Å². The molecule has 21 heavy (non-hydrogen) atoms. The van der Waals surface area contributed by atoms with Crippen molar-refractivity contribution in [1.82, 2.24) is 20.0 Å². The summed E-state index contributed by atoms with van der Waals surface area (Å²) in [6, 6.07) is 3.30. The van der Waals surface area contributed by atoms with Gasteiger partial charge in [-0.05, 0) is 24.5 Å². The van der Waals surface area contributed by atoms with E-state index in [2.05, 4.69) is 34.5 Å². The fourth-order valence-corrected chi connectivity index (χ4v) is 1.58. The van der Waals surface area contributed by atoms with Crippen LogP contribution in [0.1, 0.15) is 30.8 Å². The van der Waals surface area contributed by atoms with Crippen molar-refractivity contribution < 1.29 is 4.79 Å². The van der Waals surface area contributed by atoms with Crippen LogP contribution in [0.2, 0.25) is 0 Å². The molecule has 0 aliphatic rings. The second-order valence-electron chi connectivity index (χ2n) is 4.98. The third kappa shape index (κ3) is 5.03. The first-order valence-corrected chi connectivity index (χ1v) is 6.47. The number of hydrogen-bond donors (Lipinski definition) is 2. The number of rotatable bonds is 5. The van der Waals surface area contributed by atoms with Gasteiger partial charge in [0.15, 0.2) is 5.69 Å². The van der Waals surface area contributed by atoms with E-state index in [0.717, 1.165) is 13.0 Å². The average Bonchev–Trinajstić information content (AvgIpc) is 2.88. The third-order valence-electron chi connectivity index (χ3n) is 2.75. The largest absolute Gasteiger partial charge is 0.384 e. The standard InChI is InChI=1S/C13H18N6O.ClH/c1-9(2)5-6-19-8-11(17-18-19)13(20)16-10-3-4-12(14)15-7-10;/h3-4,7-9H,5-6H2,1-2H3,(H2,14,15)(H,16,20);1H. The number of nitrogens with two attached hydrogens (primary N) is 1. The zero-order valence-corrected chi connectivity index (χ0v) is 12.8. The van der Waals surface area contributed by atoms with Crippen LogP contribution in [0, 0.1) is 5.92 Å². The number of carbonyl (C=O) groups is 1. The molecule has 0 radical (unpaired) electrons. The Labute approximate surface area is 129 Å². The summed E-state index contributed by atoms with van der Waals surface area (Å²) in [5.74, 6) is 0.673. The molecule has 0 aliphatic carbocycles. The Morgan fingerprint density at radius 1 is 1.43 bits per heavy atom. The van der Waals surface area contributed by atoms with Crippen molar-refractivity contribution in [2.45, 2.75) is 26.8 Å². The number of aromatic nitrogens is 4. The molecule has 2 heterocycles. The lowest BCUT2D eigenvalue weighted by molar-refractivity contribution is 0.102. The molecule has 3 N–H and O–H groups in total. The highest BCUT2D eigenvalue weighted by molar-refractivity contribution is 6.02. The van der Waals surface area contributed by atoms with E-state index in [1.807, 2.05) is 0 Å². The Hall–Kier alpha value is -2.15. The zero-order valence-electron chi connectivity index (χ0n) is 12.0. The molecule has 2 aromatic rings. The minimum atomic E-state index is -0.313. The first-order valence-electron chi connectivity index (χ1n) is 6.47. The van der Waals surface area contributed by atoms with Gasteiger partial charge in [0.1, 0.15) is 5.82 Å². The molecule has 2 rings (SSSR count). The molecule has 0 atom stereocenters. The summed E-state index contributed by atoms with van der Waals surface area (Å²) in [6.45, 7) is 5.03. The Kier molecular flexibility index (Phi) is 6.10. The van der Waals surface area contributed by atoms with Crippen LogP contribution in [0.3, 0.4) is 0 Å². The van der Waals surface area contributed by atoms with Crippen molar-refractivity contribution in [3.63, 3.8) is 0 Å². The van der Waals surface area contributed by atoms with E-state index in [0.29, 0.717) is 17.4 Å². The van der Waals surface area contributed by atoms with Crippen LogP contribution < -0.4 is 11.1 Å². The number of pyridine rings is 1. The van der Waals surface area contributed by atoms with Crippen molar-refractivity contribution in [3.05, 3.63) is 30.2 Å². The summed E-state index contributed by atoms with van der Waals surface area (Å²) in [4.78, 5) is 15.9. The van der Waals surface area contributed by atoms with Gasteiger partial charge in [-0.3, -0.25) is 9.48 Å². The number of carbonyl (C=O) groups excluding carboxylic acids is 1. The van der Waals surface area contributed by atoms with Crippen molar-refractivity contribution >= 4 is 29.8 Å². The van der Waals surface area contributed by atoms with Gasteiger partial charge in [0.05, 0.1) is 18.1 Å². The Bertz CT molecular complexity index is 581. The van der Waals surface area contributed by atoms with Gasteiger partial charge < -0.3 is 11.1 Å². The van der Waals surface area contributed by atoms with Crippen LogP contribution in [-0.4, -0.2) is 25.9 Å². The van der Waals surface area contributed by atoms with Crippen molar-refractivity contribution in [2.24, 2.45) is 5.92 Å². The number of amides is 1. The second kappa shape index (κ2) is 7.58. The van der Waals surface area contributed by atoms with Crippen LogP contribution in [-0.2, 0) is 6.54 Å². The number of nitrogens with zero attached hydrogens (tertiary/aromatic N) is 4. The predicted octanol–water partition coefficient (Wildman–Crippen LogP) is 1.98. The maximum Gasteiger partial charge on any atom is 0.277 e. The number of nitrogens with one attached hydrogen (secondary N) is 1. The molecular formula is C13H19ClN6O. The lowest BCUT2D eigenvalue weighted by atomic mass is 10.1. The molecule has 0 fully saturated rings. The third-order valence-corrected chi connectivity index (χ3v) is 2.75. The molecule has 0 aliphatic heterocycles. The first-order chi connectivity index (χ1) is 9.54. The molecule has 2 aromatic heterocycles. The fourth-order valence-electron chi connectivity index (χ4n) is 1.58. The molecule has 0 unspecified atom stereocenters. The quantitative estimate of drug-likeness (QED) is 0.879. The molecular weight excluding hydrogens is 292 g/mol. The van der Waals surface area contributed by atoms with Gasteiger partial charge in [-0.15, -0.1) is 17.5 Å². The normalized spacial score (nSPS) is 10.2. The summed E-state index contributed by atoms with van der Waals surface area (Å²) in [7, 11) is 0. The summed E-state index contributed by atoms with van der Waals surface area (Å²) < 4.78 is 1.68. The number of halogens is 1. The van der Waals surface area contributed by atoms with E-state index < -0.39 is 0 Å². The van der Waals surface area contributed by atoms with Gasteiger partial charge in [0.2, 0.25) is 0 Å². The van der Waals surface area contributed by atoms with E-state index in [1.54, 1.807) is 23.0 Å². The van der Waals surface area contributed by atoms with Gasteiger partial charge in [0.25, 0.3) is 5.91 Å². The summed E-state index contributed by atoms with van der Waals surface area (Å²) in [6.07, 6.45) is 4.13. The molecule has 114 valence electrons. The Balaban J connectivity index is 0.00000220. The minimum Gasteiger partial charge on any atom is -0.384 e. The molecule has 7 nitrogen and oxygen atoms in total. The molecule has 0 aromatic carbocycles. The molecule has 1 amide bonds. The summed E-state index contributed by atoms with van der Waals surface area (Å²) in [5.41, 5.74) is 6.33. The highest BCUT2D eigenvalue weighted by atomic mass is 35.5. The van der Waals surface area contributed by atoms with Gasteiger partial charge in [-0.25, -0.2) is 4.98 Å². The summed E-state index contributed by atoms with van der Waals surface area (Å²) >= 11 is 0. The van der Waals surface area contributed by atoms with Crippen molar-refractivity contribution in [3.8, 4) is 0 Å². The zero-order chi connectivity index (χ0) is 14.5. The Morgan fingerprint density at radius 2 is 2.19 bits per heavy atom. The number of aryl methyl sites for hydroxylation is 1. The van der Waals surface area contributed by atoms with Crippen LogP contribution in [0.4, 0.5) is 11.5 Å². The smallest absolute Gasteiger partial charge is 0.277 e. The predicted molar refractivity (Wildman–Crippen MR) is 83.3 cm³/mol. The highest BCUT2D eigenvalue weighted by Gasteiger charge is 2.11. The van der Waals surface area contributed by atoms with Gasteiger partial charge in [0, 0.05) is 6.54 Å². The second-order valence-corrected chi connectivity index (χ2v) is 4.98. The molecule has 0 spiro atoms. The van der Waals surface area contributed by atoms with E-state index in [1.165, 1.54) is 6.20 Å². The van der Waals surface area contributed by atoms with Crippen molar-refractivity contribution in [2.75, 3.05) is 11.1 Å². The molecule has 0 saturated carbocycles. The van der Waals surface area contributed by atoms with E-state index in [-0.39, 0.29) is 24.0 Å². The van der Waals surface area contributed by atoms with Gasteiger partial charge in [-0.2, -0.15) is 0 Å².